The van der Waals surface area contributed by atoms with Crippen molar-refractivity contribution in [3.63, 3.8) is 0 Å². The predicted octanol–water partition coefficient (Wildman–Crippen LogP) is 1.91. The highest BCUT2D eigenvalue weighted by Crippen LogP contribution is 2.03. The van der Waals surface area contributed by atoms with Crippen molar-refractivity contribution in [2.45, 2.75) is 33.2 Å². The molecule has 0 saturated heterocycles. The Kier molecular flexibility index (Phi) is 2.93. The summed E-state index contributed by atoms with van der Waals surface area (Å²) in [5.41, 5.74) is 2.29. The molecule has 0 bridgehead atoms. The van der Waals surface area contributed by atoms with Gasteiger partial charge in [-0.15, -0.1) is 12.3 Å². The van der Waals surface area contributed by atoms with E-state index in [0.717, 1.165) is 25.1 Å². The number of terminal acetylenes is 1. The Balaban J connectivity index is 2.52. The van der Waals surface area contributed by atoms with Gasteiger partial charge in [0.25, 0.3) is 0 Å². The van der Waals surface area contributed by atoms with E-state index >= 15 is 0 Å². The highest BCUT2D eigenvalue weighted by Gasteiger charge is 1.98. The minimum Gasteiger partial charge on any atom is -0.270 e. The molecule has 12 heavy (non-hydrogen) atoms. The van der Waals surface area contributed by atoms with Crippen molar-refractivity contribution in [1.29, 1.82) is 0 Å². The lowest BCUT2D eigenvalue weighted by Crippen LogP contribution is -2.01. The molecule has 64 valence electrons. The Morgan fingerprint density at radius 3 is 2.83 bits per heavy atom. The van der Waals surface area contributed by atoms with Crippen molar-refractivity contribution in [2.75, 3.05) is 0 Å². The number of unbranched alkanes of at least 4 members (excludes halogenated alkanes) is 1. The number of hydrogen-bond acceptors (Lipinski definition) is 1. The number of nitrogens with zero attached hydrogens (tertiary/aromatic N) is 2. The van der Waals surface area contributed by atoms with Crippen LogP contribution in [0.4, 0.5) is 0 Å². The molecule has 0 amide bonds. The zero-order chi connectivity index (χ0) is 8.97. The summed E-state index contributed by atoms with van der Waals surface area (Å²) in [5, 5.41) is 4.33. The molecule has 0 N–H and O–H groups in total. The van der Waals surface area contributed by atoms with Gasteiger partial charge in [0.1, 0.15) is 0 Å². The van der Waals surface area contributed by atoms with E-state index in [4.69, 9.17) is 6.42 Å². The van der Waals surface area contributed by atoms with Gasteiger partial charge in [0.15, 0.2) is 0 Å². The topological polar surface area (TPSA) is 17.8 Å². The molecule has 0 spiro atoms. The van der Waals surface area contributed by atoms with E-state index in [2.05, 4.69) is 24.0 Å². The molecule has 0 aliphatic rings. The van der Waals surface area contributed by atoms with Crippen LogP contribution in [0, 0.1) is 26.2 Å². The van der Waals surface area contributed by atoms with E-state index in [1.165, 1.54) is 5.69 Å². The lowest BCUT2D eigenvalue weighted by atomic mass is 10.3. The lowest BCUT2D eigenvalue weighted by Gasteiger charge is -2.00. The van der Waals surface area contributed by atoms with Gasteiger partial charge in [0, 0.05) is 18.7 Å². The molecule has 0 saturated carbocycles. The third-order valence-electron chi connectivity index (χ3n) is 1.79. The summed E-state index contributed by atoms with van der Waals surface area (Å²) >= 11 is 0. The first-order valence-corrected chi connectivity index (χ1v) is 4.18. The molecule has 1 aromatic rings. The Labute approximate surface area is 73.6 Å². The summed E-state index contributed by atoms with van der Waals surface area (Å²) in [6, 6.07) is 2.08. The van der Waals surface area contributed by atoms with E-state index in [0.29, 0.717) is 0 Å². The van der Waals surface area contributed by atoms with Crippen LogP contribution in [-0.2, 0) is 6.54 Å². The maximum absolute atomic E-state index is 5.16. The molecule has 0 fully saturated rings. The molecule has 1 aromatic heterocycles. The van der Waals surface area contributed by atoms with Crippen LogP contribution in [0.3, 0.4) is 0 Å². The minimum atomic E-state index is 0.832. The highest BCUT2D eigenvalue weighted by atomic mass is 15.3. The SMILES string of the molecule is C#CCCCn1nc(C)cc1C. The van der Waals surface area contributed by atoms with Gasteiger partial charge in [0.05, 0.1) is 5.69 Å². The fourth-order valence-electron chi connectivity index (χ4n) is 1.23. The number of aryl methyl sites for hydroxylation is 3. The summed E-state index contributed by atoms with van der Waals surface area (Å²) < 4.78 is 2.01. The summed E-state index contributed by atoms with van der Waals surface area (Å²) in [6.07, 6.45) is 7.00. The van der Waals surface area contributed by atoms with Gasteiger partial charge in [0.2, 0.25) is 0 Å². The van der Waals surface area contributed by atoms with Crippen LogP contribution in [0.5, 0.6) is 0 Å². The van der Waals surface area contributed by atoms with Crippen molar-refractivity contribution in [2.24, 2.45) is 0 Å². The average Bonchev–Trinajstić information content (AvgIpc) is 2.31. The van der Waals surface area contributed by atoms with Crippen molar-refractivity contribution < 1.29 is 0 Å². The van der Waals surface area contributed by atoms with Gasteiger partial charge < -0.3 is 0 Å². The van der Waals surface area contributed by atoms with Crippen LogP contribution in [-0.4, -0.2) is 9.78 Å². The second-order valence-corrected chi connectivity index (χ2v) is 2.96. The van der Waals surface area contributed by atoms with Gasteiger partial charge >= 0.3 is 0 Å². The molecule has 0 unspecified atom stereocenters. The summed E-state index contributed by atoms with van der Waals surface area (Å²) in [6.45, 7) is 5.00. The standard InChI is InChI=1S/C10H14N2/c1-4-5-6-7-12-10(3)8-9(2)11-12/h1,8H,5-7H2,2-3H3. The Hall–Kier alpha value is -1.23. The van der Waals surface area contributed by atoms with Gasteiger partial charge in [-0.25, -0.2) is 0 Å². The van der Waals surface area contributed by atoms with Gasteiger partial charge in [-0.2, -0.15) is 5.10 Å². The number of rotatable bonds is 3. The molecule has 1 rings (SSSR count). The third kappa shape index (κ3) is 2.13. The smallest absolute Gasteiger partial charge is 0.0596 e. The molecule has 0 atom stereocenters. The monoisotopic (exact) mass is 162 g/mol. The van der Waals surface area contributed by atoms with Crippen LogP contribution in [0.1, 0.15) is 24.2 Å². The fraction of sp³-hybridized carbons (Fsp3) is 0.500. The summed E-state index contributed by atoms with van der Waals surface area (Å²) in [7, 11) is 0. The molecule has 0 aliphatic heterocycles. The van der Waals surface area contributed by atoms with Crippen LogP contribution in [0.2, 0.25) is 0 Å². The van der Waals surface area contributed by atoms with Crippen molar-refractivity contribution in [3.05, 3.63) is 17.5 Å². The van der Waals surface area contributed by atoms with E-state index in [-0.39, 0.29) is 0 Å². The van der Waals surface area contributed by atoms with Gasteiger partial charge in [-0.05, 0) is 26.3 Å². The Morgan fingerprint density at radius 2 is 2.33 bits per heavy atom. The number of aromatic nitrogens is 2. The van der Waals surface area contributed by atoms with E-state index in [1.54, 1.807) is 0 Å². The van der Waals surface area contributed by atoms with E-state index in [9.17, 15) is 0 Å². The molecule has 2 heteroatoms. The van der Waals surface area contributed by atoms with Crippen molar-refractivity contribution in [3.8, 4) is 12.3 Å². The van der Waals surface area contributed by atoms with Crippen molar-refractivity contribution >= 4 is 0 Å². The maximum atomic E-state index is 5.16. The first-order chi connectivity index (χ1) is 5.74. The highest BCUT2D eigenvalue weighted by molar-refractivity contribution is 5.06. The van der Waals surface area contributed by atoms with E-state index in [1.807, 2.05) is 11.6 Å². The molecule has 2 nitrogen and oxygen atoms in total. The summed E-state index contributed by atoms with van der Waals surface area (Å²) in [5.74, 6) is 2.62. The van der Waals surface area contributed by atoms with Crippen LogP contribution >= 0.6 is 0 Å². The average molecular weight is 162 g/mol. The molecule has 0 aliphatic carbocycles. The minimum absolute atomic E-state index is 0.832. The zero-order valence-corrected chi connectivity index (χ0v) is 7.67. The zero-order valence-electron chi connectivity index (χ0n) is 7.67. The van der Waals surface area contributed by atoms with E-state index < -0.39 is 0 Å². The molecule has 1 heterocycles. The lowest BCUT2D eigenvalue weighted by molar-refractivity contribution is 0.569. The Morgan fingerprint density at radius 1 is 1.58 bits per heavy atom. The third-order valence-corrected chi connectivity index (χ3v) is 1.79. The molecular weight excluding hydrogens is 148 g/mol. The molecule has 0 radical (unpaired) electrons. The fourth-order valence-corrected chi connectivity index (χ4v) is 1.23. The predicted molar refractivity (Wildman–Crippen MR) is 49.8 cm³/mol. The van der Waals surface area contributed by atoms with Crippen LogP contribution in [0.25, 0.3) is 0 Å². The number of hydrogen-bond donors (Lipinski definition) is 0. The first kappa shape index (κ1) is 8.86. The molecule has 0 aromatic carbocycles. The summed E-state index contributed by atoms with van der Waals surface area (Å²) in [4.78, 5) is 0. The molecular formula is C10H14N2. The van der Waals surface area contributed by atoms with Crippen LogP contribution < -0.4 is 0 Å². The largest absolute Gasteiger partial charge is 0.270 e. The van der Waals surface area contributed by atoms with Crippen molar-refractivity contribution in [1.82, 2.24) is 9.78 Å². The van der Waals surface area contributed by atoms with Gasteiger partial charge in [-0.3, -0.25) is 4.68 Å². The second-order valence-electron chi connectivity index (χ2n) is 2.96. The van der Waals surface area contributed by atoms with Crippen LogP contribution in [0.15, 0.2) is 6.07 Å². The second kappa shape index (κ2) is 3.96. The first-order valence-electron chi connectivity index (χ1n) is 4.18. The quantitative estimate of drug-likeness (QED) is 0.490. The van der Waals surface area contributed by atoms with Gasteiger partial charge in [-0.1, -0.05) is 0 Å². The Bertz CT molecular complexity index is 291. The normalized spacial score (nSPS) is 9.75. The maximum Gasteiger partial charge on any atom is 0.0596 e.